The van der Waals surface area contributed by atoms with Crippen LogP contribution in [0.3, 0.4) is 0 Å². The molecular weight excluding hydrogens is 264 g/mol. The van der Waals surface area contributed by atoms with Crippen LogP contribution in [0.5, 0.6) is 0 Å². The minimum Gasteiger partial charge on any atom is -0.379 e. The van der Waals surface area contributed by atoms with Crippen LogP contribution in [-0.4, -0.2) is 54.6 Å². The SMILES string of the molecule is Cc1ccccc1CN1CCC[C@H](N2CCOCC2)C1=O. The van der Waals surface area contributed by atoms with Crippen molar-refractivity contribution in [2.75, 3.05) is 32.8 Å². The highest BCUT2D eigenvalue weighted by molar-refractivity contribution is 5.82. The molecule has 4 nitrogen and oxygen atoms in total. The first-order chi connectivity index (χ1) is 10.3. The number of benzene rings is 1. The first-order valence-corrected chi connectivity index (χ1v) is 7.91. The zero-order valence-corrected chi connectivity index (χ0v) is 12.8. The van der Waals surface area contributed by atoms with Gasteiger partial charge in [0.25, 0.3) is 0 Å². The second-order valence-corrected chi connectivity index (χ2v) is 5.99. The lowest BCUT2D eigenvalue weighted by molar-refractivity contribution is -0.142. The van der Waals surface area contributed by atoms with Crippen LogP contribution >= 0.6 is 0 Å². The highest BCUT2D eigenvalue weighted by atomic mass is 16.5. The largest absolute Gasteiger partial charge is 0.379 e. The van der Waals surface area contributed by atoms with E-state index in [9.17, 15) is 4.79 Å². The molecule has 1 atom stereocenters. The molecule has 2 fully saturated rings. The number of rotatable bonds is 3. The van der Waals surface area contributed by atoms with Crippen molar-refractivity contribution in [2.45, 2.75) is 32.4 Å². The second-order valence-electron chi connectivity index (χ2n) is 5.99. The number of carbonyl (C=O) groups is 1. The van der Waals surface area contributed by atoms with Gasteiger partial charge in [-0.25, -0.2) is 0 Å². The summed E-state index contributed by atoms with van der Waals surface area (Å²) in [5.41, 5.74) is 2.52. The molecule has 1 aromatic carbocycles. The number of piperidine rings is 1. The lowest BCUT2D eigenvalue weighted by Gasteiger charge is -2.40. The minimum atomic E-state index is 0.0617. The molecule has 0 spiro atoms. The van der Waals surface area contributed by atoms with Crippen molar-refractivity contribution in [3.63, 3.8) is 0 Å². The molecule has 0 aromatic heterocycles. The third kappa shape index (κ3) is 3.27. The molecule has 114 valence electrons. The fourth-order valence-corrected chi connectivity index (χ4v) is 3.30. The third-order valence-corrected chi connectivity index (χ3v) is 4.61. The number of hydrogen-bond acceptors (Lipinski definition) is 3. The molecule has 21 heavy (non-hydrogen) atoms. The zero-order chi connectivity index (χ0) is 14.7. The summed E-state index contributed by atoms with van der Waals surface area (Å²) in [5, 5.41) is 0. The molecule has 4 heteroatoms. The fraction of sp³-hybridized carbons (Fsp3) is 0.588. The van der Waals surface area contributed by atoms with Gasteiger partial charge in [0, 0.05) is 26.2 Å². The quantitative estimate of drug-likeness (QED) is 0.850. The number of amides is 1. The lowest BCUT2D eigenvalue weighted by Crippen LogP contribution is -2.54. The third-order valence-electron chi connectivity index (χ3n) is 4.61. The highest BCUT2D eigenvalue weighted by Crippen LogP contribution is 2.21. The van der Waals surface area contributed by atoms with Gasteiger partial charge in [-0.05, 0) is 30.9 Å². The molecule has 0 unspecified atom stereocenters. The van der Waals surface area contributed by atoms with E-state index in [0.29, 0.717) is 5.91 Å². The van der Waals surface area contributed by atoms with Crippen molar-refractivity contribution in [1.82, 2.24) is 9.80 Å². The normalized spacial score (nSPS) is 24.3. The molecule has 2 aliphatic rings. The van der Waals surface area contributed by atoms with Gasteiger partial charge in [0.1, 0.15) is 0 Å². The maximum Gasteiger partial charge on any atom is 0.240 e. The standard InChI is InChI=1S/C17H24N2O2/c1-14-5-2-3-6-15(14)13-19-8-4-7-16(17(19)20)18-9-11-21-12-10-18/h2-3,5-6,16H,4,7-13H2,1H3/t16-/m0/s1. The first kappa shape index (κ1) is 14.5. The van der Waals surface area contributed by atoms with Gasteiger partial charge >= 0.3 is 0 Å². The maximum absolute atomic E-state index is 12.8. The summed E-state index contributed by atoms with van der Waals surface area (Å²) in [6, 6.07) is 8.40. The van der Waals surface area contributed by atoms with Crippen molar-refractivity contribution in [3.05, 3.63) is 35.4 Å². The molecule has 0 saturated carbocycles. The predicted octanol–water partition coefficient (Wildman–Crippen LogP) is 1.82. The van der Waals surface area contributed by atoms with Gasteiger partial charge in [-0.2, -0.15) is 0 Å². The Morgan fingerprint density at radius 1 is 1.19 bits per heavy atom. The van der Waals surface area contributed by atoms with E-state index in [0.717, 1.165) is 52.2 Å². The highest BCUT2D eigenvalue weighted by Gasteiger charge is 2.33. The molecule has 0 N–H and O–H groups in total. The van der Waals surface area contributed by atoms with E-state index in [4.69, 9.17) is 4.74 Å². The van der Waals surface area contributed by atoms with Crippen molar-refractivity contribution >= 4 is 5.91 Å². The molecular formula is C17H24N2O2. The summed E-state index contributed by atoms with van der Waals surface area (Å²) in [7, 11) is 0. The number of likely N-dealkylation sites (tertiary alicyclic amines) is 1. The molecule has 1 aromatic rings. The average molecular weight is 288 g/mol. The summed E-state index contributed by atoms with van der Waals surface area (Å²) in [6.45, 7) is 7.01. The summed E-state index contributed by atoms with van der Waals surface area (Å²) >= 11 is 0. The summed E-state index contributed by atoms with van der Waals surface area (Å²) in [5.74, 6) is 0.298. The Kier molecular flexibility index (Phi) is 4.56. The number of hydrogen-bond donors (Lipinski definition) is 0. The predicted molar refractivity (Wildman–Crippen MR) is 82.0 cm³/mol. The topological polar surface area (TPSA) is 32.8 Å². The van der Waals surface area contributed by atoms with Crippen molar-refractivity contribution in [3.8, 4) is 0 Å². The van der Waals surface area contributed by atoms with E-state index in [1.807, 2.05) is 11.0 Å². The van der Waals surface area contributed by atoms with E-state index >= 15 is 0 Å². The Balaban J connectivity index is 1.68. The van der Waals surface area contributed by atoms with E-state index in [1.165, 1.54) is 11.1 Å². The van der Waals surface area contributed by atoms with Gasteiger partial charge in [-0.3, -0.25) is 9.69 Å². The molecule has 1 amide bonds. The number of ether oxygens (including phenoxy) is 1. The van der Waals surface area contributed by atoms with Gasteiger partial charge in [-0.15, -0.1) is 0 Å². The summed E-state index contributed by atoms with van der Waals surface area (Å²) in [4.78, 5) is 17.1. The monoisotopic (exact) mass is 288 g/mol. The fourth-order valence-electron chi connectivity index (χ4n) is 3.30. The molecule has 3 rings (SSSR count). The summed E-state index contributed by atoms with van der Waals surface area (Å²) in [6.07, 6.45) is 2.09. The molecule has 0 bridgehead atoms. The van der Waals surface area contributed by atoms with E-state index in [-0.39, 0.29) is 6.04 Å². The Labute approximate surface area is 126 Å². The zero-order valence-electron chi connectivity index (χ0n) is 12.8. The Hall–Kier alpha value is -1.39. The molecule has 2 heterocycles. The van der Waals surface area contributed by atoms with Crippen LogP contribution in [0.15, 0.2) is 24.3 Å². The Morgan fingerprint density at radius 2 is 1.95 bits per heavy atom. The van der Waals surface area contributed by atoms with Crippen LogP contribution < -0.4 is 0 Å². The minimum absolute atomic E-state index is 0.0617. The van der Waals surface area contributed by atoms with Crippen LogP contribution in [0, 0.1) is 6.92 Å². The summed E-state index contributed by atoms with van der Waals surface area (Å²) < 4.78 is 5.40. The number of carbonyl (C=O) groups excluding carboxylic acids is 1. The van der Waals surface area contributed by atoms with Crippen LogP contribution in [0.1, 0.15) is 24.0 Å². The average Bonchev–Trinajstić information content (AvgIpc) is 2.52. The van der Waals surface area contributed by atoms with Gasteiger partial charge in [-0.1, -0.05) is 24.3 Å². The Morgan fingerprint density at radius 3 is 2.71 bits per heavy atom. The van der Waals surface area contributed by atoms with Gasteiger partial charge in [0.05, 0.1) is 19.3 Å². The van der Waals surface area contributed by atoms with Gasteiger partial charge in [0.15, 0.2) is 0 Å². The van der Waals surface area contributed by atoms with Crippen LogP contribution in [0.25, 0.3) is 0 Å². The number of nitrogens with zero attached hydrogens (tertiary/aromatic N) is 2. The van der Waals surface area contributed by atoms with Gasteiger partial charge < -0.3 is 9.64 Å². The molecule has 0 aliphatic carbocycles. The van der Waals surface area contributed by atoms with Crippen LogP contribution in [0.4, 0.5) is 0 Å². The number of aryl methyl sites for hydroxylation is 1. The Bertz CT molecular complexity index is 497. The number of morpholine rings is 1. The van der Waals surface area contributed by atoms with E-state index < -0.39 is 0 Å². The van der Waals surface area contributed by atoms with Crippen molar-refractivity contribution in [1.29, 1.82) is 0 Å². The van der Waals surface area contributed by atoms with Crippen molar-refractivity contribution < 1.29 is 9.53 Å². The van der Waals surface area contributed by atoms with Crippen LogP contribution in [0.2, 0.25) is 0 Å². The maximum atomic E-state index is 12.8. The molecule has 2 saturated heterocycles. The smallest absolute Gasteiger partial charge is 0.240 e. The van der Waals surface area contributed by atoms with Crippen molar-refractivity contribution in [2.24, 2.45) is 0 Å². The van der Waals surface area contributed by atoms with Gasteiger partial charge in [0.2, 0.25) is 5.91 Å². The molecule has 2 aliphatic heterocycles. The van der Waals surface area contributed by atoms with E-state index in [2.05, 4.69) is 30.0 Å². The molecule has 0 radical (unpaired) electrons. The van der Waals surface area contributed by atoms with Crippen LogP contribution in [-0.2, 0) is 16.1 Å². The second kappa shape index (κ2) is 6.58. The first-order valence-electron chi connectivity index (χ1n) is 7.91. The lowest BCUT2D eigenvalue weighted by atomic mass is 10.0. The van der Waals surface area contributed by atoms with E-state index in [1.54, 1.807) is 0 Å².